The van der Waals surface area contributed by atoms with Gasteiger partial charge in [0, 0.05) is 7.05 Å². The van der Waals surface area contributed by atoms with E-state index in [0.717, 1.165) is 21.3 Å². The molecule has 0 aliphatic heterocycles. The van der Waals surface area contributed by atoms with Crippen LogP contribution in [0.5, 0.6) is 5.75 Å². The van der Waals surface area contributed by atoms with Gasteiger partial charge in [-0.05, 0) is 30.3 Å². The van der Waals surface area contributed by atoms with Crippen molar-refractivity contribution in [3.05, 3.63) is 36.7 Å². The van der Waals surface area contributed by atoms with E-state index in [1.165, 1.54) is 49.5 Å². The topological polar surface area (TPSA) is 110 Å². The van der Waals surface area contributed by atoms with Crippen LogP contribution in [0.4, 0.5) is 10.8 Å². The molecule has 4 rings (SSSR count). The number of anilines is 2. The summed E-state index contributed by atoms with van der Waals surface area (Å²) in [6.45, 7) is 4.36. The molecule has 2 aromatic carbocycles. The molecule has 4 aromatic rings. The van der Waals surface area contributed by atoms with E-state index in [-0.39, 0.29) is 5.30 Å². The number of hydrogen-bond acceptors (Lipinski definition) is 6. The molecule has 0 saturated carbocycles. The fourth-order valence-electron chi connectivity index (χ4n) is 2.73. The van der Waals surface area contributed by atoms with E-state index in [2.05, 4.69) is 29.1 Å². The van der Waals surface area contributed by atoms with Gasteiger partial charge < -0.3 is 24.4 Å². The van der Waals surface area contributed by atoms with Crippen molar-refractivity contribution in [2.24, 2.45) is 7.05 Å². The third kappa shape index (κ3) is 4.65. The second kappa shape index (κ2) is 9.14. The van der Waals surface area contributed by atoms with E-state index in [4.69, 9.17) is 4.74 Å². The maximum Gasteiger partial charge on any atom is 0.356 e. The highest BCUT2D eigenvalue weighted by Crippen LogP contribution is 2.38. The molecule has 10 heteroatoms. The first-order valence-electron chi connectivity index (χ1n) is 9.50. The molecule has 0 saturated heterocycles. The Hall–Kier alpha value is -2.45. The molecule has 0 aliphatic rings. The Morgan fingerprint density at radius 2 is 1.90 bits per heavy atom. The number of aromatic nitrogens is 3. The molecule has 30 heavy (non-hydrogen) atoms. The Morgan fingerprint density at radius 3 is 2.53 bits per heavy atom. The summed E-state index contributed by atoms with van der Waals surface area (Å²) >= 11 is 1.43. The van der Waals surface area contributed by atoms with E-state index in [1.54, 1.807) is 6.33 Å². The van der Waals surface area contributed by atoms with Crippen molar-refractivity contribution in [2.45, 2.75) is 26.7 Å². The number of imidazole rings is 1. The number of methoxy groups -OCH3 is 1. The molecule has 0 amide bonds. The van der Waals surface area contributed by atoms with Crippen LogP contribution >= 0.6 is 18.9 Å². The van der Waals surface area contributed by atoms with Gasteiger partial charge in [-0.15, -0.1) is 0 Å². The van der Waals surface area contributed by atoms with Crippen molar-refractivity contribution in [2.75, 3.05) is 12.4 Å². The monoisotopic (exact) mass is 448 g/mol. The Labute approximate surface area is 178 Å². The van der Waals surface area contributed by atoms with Crippen LogP contribution in [0.25, 0.3) is 21.3 Å². The van der Waals surface area contributed by atoms with Gasteiger partial charge in [-0.1, -0.05) is 38.0 Å². The van der Waals surface area contributed by atoms with Gasteiger partial charge in [0.15, 0.2) is 5.13 Å². The van der Waals surface area contributed by atoms with E-state index in [1.807, 2.05) is 23.7 Å². The maximum absolute atomic E-state index is 11.5. The average molecular weight is 448 g/mol. The van der Waals surface area contributed by atoms with Gasteiger partial charge in [-0.25, -0.2) is 9.97 Å². The lowest BCUT2D eigenvalue weighted by atomic mass is 10.3. The molecule has 160 valence electrons. The first-order valence-corrected chi connectivity index (χ1v) is 11.9. The van der Waals surface area contributed by atoms with Crippen LogP contribution in [0.15, 0.2) is 36.7 Å². The molecule has 0 spiro atoms. The lowest BCUT2D eigenvalue weighted by Gasteiger charge is -2.11. The Bertz CT molecular complexity index is 1210. The standard InChI is InChI=1S/C16H15N4O4PS.C4H10/c1-20-8-17-14-11(20)4-6-13-15(14)19-16(26-13)18-10-7-9(25(21,22)23)3-5-12(10)24-2;1-3-4-2/h3-8H,1-2H3,(H,18,19)(H2,21,22,23);3-4H2,1-2H3. The number of benzene rings is 2. The zero-order valence-electron chi connectivity index (χ0n) is 17.3. The molecule has 2 aromatic heterocycles. The normalized spacial score (nSPS) is 11.4. The predicted octanol–water partition coefficient (Wildman–Crippen LogP) is 4.54. The van der Waals surface area contributed by atoms with Gasteiger partial charge in [0.2, 0.25) is 0 Å². The average Bonchev–Trinajstić information content (AvgIpc) is 3.30. The zero-order chi connectivity index (χ0) is 21.9. The number of ether oxygens (including phenoxy) is 1. The number of unbranched alkanes of at least 4 members (excludes halogenated alkanes) is 1. The van der Waals surface area contributed by atoms with Crippen LogP contribution in [0, 0.1) is 0 Å². The largest absolute Gasteiger partial charge is 0.495 e. The lowest BCUT2D eigenvalue weighted by Crippen LogP contribution is -2.06. The molecular formula is C20H25N4O4PS. The smallest absolute Gasteiger partial charge is 0.356 e. The summed E-state index contributed by atoms with van der Waals surface area (Å²) in [5.74, 6) is 0.462. The number of aryl methyl sites for hydroxylation is 1. The molecule has 0 fully saturated rings. The lowest BCUT2D eigenvalue weighted by molar-refractivity contribution is 0.387. The molecule has 0 atom stereocenters. The number of rotatable bonds is 5. The molecule has 0 bridgehead atoms. The SMILES string of the molecule is CCCC.COc1ccc(P(=O)(O)O)cc1Nc1nc2c(ccc3c2ncn3C)s1. The van der Waals surface area contributed by atoms with Crippen molar-refractivity contribution in [1.82, 2.24) is 14.5 Å². The highest BCUT2D eigenvalue weighted by molar-refractivity contribution is 7.60. The summed E-state index contributed by atoms with van der Waals surface area (Å²) in [6, 6.07) is 8.21. The number of nitrogens with one attached hydrogen (secondary N) is 1. The van der Waals surface area contributed by atoms with Crippen molar-refractivity contribution in [1.29, 1.82) is 0 Å². The van der Waals surface area contributed by atoms with Crippen LogP contribution in [0.2, 0.25) is 0 Å². The highest BCUT2D eigenvalue weighted by atomic mass is 32.1. The van der Waals surface area contributed by atoms with Crippen LogP contribution in [-0.2, 0) is 11.6 Å². The highest BCUT2D eigenvalue weighted by Gasteiger charge is 2.20. The molecule has 2 heterocycles. The summed E-state index contributed by atoms with van der Waals surface area (Å²) < 4.78 is 19.7. The summed E-state index contributed by atoms with van der Waals surface area (Å²) in [5.41, 5.74) is 3.01. The van der Waals surface area contributed by atoms with E-state index < -0.39 is 7.60 Å². The number of nitrogens with zero attached hydrogens (tertiary/aromatic N) is 3. The third-order valence-electron chi connectivity index (χ3n) is 4.51. The minimum absolute atomic E-state index is 0.0889. The molecule has 0 aliphatic carbocycles. The van der Waals surface area contributed by atoms with Crippen LogP contribution in [0.3, 0.4) is 0 Å². The molecule has 8 nitrogen and oxygen atoms in total. The molecule has 0 unspecified atom stereocenters. The van der Waals surface area contributed by atoms with Gasteiger partial charge in [-0.3, -0.25) is 4.57 Å². The predicted molar refractivity (Wildman–Crippen MR) is 122 cm³/mol. The molecule has 0 radical (unpaired) electrons. The van der Waals surface area contributed by atoms with Crippen LogP contribution in [-0.4, -0.2) is 31.4 Å². The third-order valence-corrected chi connectivity index (χ3v) is 6.40. The second-order valence-corrected chi connectivity index (χ2v) is 9.34. The van der Waals surface area contributed by atoms with Gasteiger partial charge in [0.05, 0.1) is 34.6 Å². The Kier molecular flexibility index (Phi) is 6.77. The first kappa shape index (κ1) is 22.2. The van der Waals surface area contributed by atoms with Crippen molar-refractivity contribution in [3.63, 3.8) is 0 Å². The quantitative estimate of drug-likeness (QED) is 0.384. The number of fused-ring (bicyclic) bond motifs is 3. The van der Waals surface area contributed by atoms with E-state index in [9.17, 15) is 14.4 Å². The molecular weight excluding hydrogens is 423 g/mol. The van der Waals surface area contributed by atoms with E-state index in [0.29, 0.717) is 16.6 Å². The summed E-state index contributed by atoms with van der Waals surface area (Å²) in [6.07, 6.45) is 4.38. The number of hydrogen-bond donors (Lipinski definition) is 3. The van der Waals surface area contributed by atoms with Crippen LogP contribution in [0.1, 0.15) is 26.7 Å². The molecule has 3 N–H and O–H groups in total. The van der Waals surface area contributed by atoms with Crippen molar-refractivity contribution < 1.29 is 19.1 Å². The van der Waals surface area contributed by atoms with Gasteiger partial charge in [0.25, 0.3) is 0 Å². The fraction of sp³-hybridized carbons (Fsp3) is 0.300. The minimum atomic E-state index is -4.36. The number of thiazole rings is 1. The first-order chi connectivity index (χ1) is 14.3. The van der Waals surface area contributed by atoms with Crippen molar-refractivity contribution >= 4 is 56.3 Å². The van der Waals surface area contributed by atoms with Crippen LogP contribution < -0.4 is 15.4 Å². The fourth-order valence-corrected chi connectivity index (χ4v) is 4.18. The Morgan fingerprint density at radius 1 is 1.17 bits per heavy atom. The van der Waals surface area contributed by atoms with Gasteiger partial charge in [-0.2, -0.15) is 0 Å². The van der Waals surface area contributed by atoms with Crippen molar-refractivity contribution in [3.8, 4) is 5.75 Å². The maximum atomic E-state index is 11.5. The summed E-state index contributed by atoms with van der Waals surface area (Å²) in [5, 5.41) is 3.60. The summed E-state index contributed by atoms with van der Waals surface area (Å²) in [7, 11) is -0.948. The second-order valence-electron chi connectivity index (χ2n) is 6.71. The summed E-state index contributed by atoms with van der Waals surface area (Å²) in [4.78, 5) is 27.8. The van der Waals surface area contributed by atoms with E-state index >= 15 is 0 Å². The van der Waals surface area contributed by atoms with Gasteiger partial charge in [0.1, 0.15) is 16.8 Å². The van der Waals surface area contributed by atoms with Gasteiger partial charge >= 0.3 is 7.60 Å². The zero-order valence-corrected chi connectivity index (χ0v) is 19.0. The minimum Gasteiger partial charge on any atom is -0.495 e. The Balaban J connectivity index is 0.000000589.